The Hall–Kier alpha value is -1.22. The highest BCUT2D eigenvalue weighted by Gasteiger charge is 2.32. The zero-order chi connectivity index (χ0) is 19.6. The quantitative estimate of drug-likeness (QED) is 0.787. The van der Waals surface area contributed by atoms with Gasteiger partial charge in [-0.25, -0.2) is 12.8 Å². The average Bonchev–Trinajstić information content (AvgIpc) is 2.62. The van der Waals surface area contributed by atoms with Gasteiger partial charge in [0.25, 0.3) is 0 Å². The predicted octanol–water partition coefficient (Wildman–Crippen LogP) is 3.17. The zero-order valence-corrected chi connectivity index (χ0v) is 16.7. The predicted molar refractivity (Wildman–Crippen MR) is 103 cm³/mol. The average molecular weight is 433 g/mol. The van der Waals surface area contributed by atoms with Crippen molar-refractivity contribution in [2.75, 3.05) is 32.7 Å². The van der Waals surface area contributed by atoms with Gasteiger partial charge in [0, 0.05) is 38.3 Å². The van der Waals surface area contributed by atoms with E-state index in [4.69, 9.17) is 23.2 Å². The normalized spacial score (nSPS) is 17.8. The minimum Gasteiger partial charge on any atom is -0.387 e. The van der Waals surface area contributed by atoms with E-state index < -0.39 is 21.9 Å². The van der Waals surface area contributed by atoms with E-state index >= 15 is 0 Å². The minimum absolute atomic E-state index is 0.0832. The molecule has 3 rings (SSSR count). The van der Waals surface area contributed by atoms with Crippen molar-refractivity contribution in [1.82, 2.24) is 9.21 Å². The SMILES string of the molecule is O=S(=O)(c1c(Cl)cccc1Cl)N1CCN(C[C@@H](O)c2ccccc2F)CC1. The van der Waals surface area contributed by atoms with Crippen LogP contribution < -0.4 is 0 Å². The third-order valence-electron chi connectivity index (χ3n) is 4.54. The molecule has 0 bridgehead atoms. The van der Waals surface area contributed by atoms with Crippen molar-refractivity contribution in [3.05, 3.63) is 63.9 Å². The summed E-state index contributed by atoms with van der Waals surface area (Å²) >= 11 is 12.1. The number of benzene rings is 2. The van der Waals surface area contributed by atoms with Gasteiger partial charge in [-0.15, -0.1) is 0 Å². The first-order chi connectivity index (χ1) is 12.8. The Morgan fingerprint density at radius 1 is 1.00 bits per heavy atom. The molecule has 2 aromatic rings. The van der Waals surface area contributed by atoms with E-state index in [0.717, 1.165) is 0 Å². The summed E-state index contributed by atoms with van der Waals surface area (Å²) in [5, 5.41) is 10.4. The molecule has 0 aromatic heterocycles. The zero-order valence-electron chi connectivity index (χ0n) is 14.4. The second-order valence-electron chi connectivity index (χ2n) is 6.29. The standard InChI is InChI=1S/C18H19Cl2FN2O3S/c19-14-5-3-6-15(20)18(14)27(25,26)23-10-8-22(9-11-23)12-17(24)13-4-1-2-7-16(13)21/h1-7,17,24H,8-12H2/t17-/m1/s1. The number of hydrogen-bond donors (Lipinski definition) is 1. The van der Waals surface area contributed by atoms with Gasteiger partial charge in [-0.1, -0.05) is 47.5 Å². The fourth-order valence-electron chi connectivity index (χ4n) is 3.10. The molecule has 1 saturated heterocycles. The minimum atomic E-state index is -3.81. The molecule has 1 N–H and O–H groups in total. The maximum Gasteiger partial charge on any atom is 0.246 e. The van der Waals surface area contributed by atoms with Gasteiger partial charge in [-0.2, -0.15) is 4.31 Å². The van der Waals surface area contributed by atoms with Gasteiger partial charge in [0.05, 0.1) is 16.1 Å². The molecular weight excluding hydrogens is 414 g/mol. The highest BCUT2D eigenvalue weighted by Crippen LogP contribution is 2.32. The molecule has 0 radical (unpaired) electrons. The number of aliphatic hydroxyl groups excluding tert-OH is 1. The van der Waals surface area contributed by atoms with Crippen molar-refractivity contribution in [2.45, 2.75) is 11.0 Å². The fourth-order valence-corrected chi connectivity index (χ4v) is 5.61. The van der Waals surface area contributed by atoms with E-state index in [-0.39, 0.29) is 40.1 Å². The van der Waals surface area contributed by atoms with Crippen LogP contribution >= 0.6 is 23.2 Å². The van der Waals surface area contributed by atoms with Crippen molar-refractivity contribution in [1.29, 1.82) is 0 Å². The van der Waals surface area contributed by atoms with Crippen molar-refractivity contribution >= 4 is 33.2 Å². The number of nitrogens with zero attached hydrogens (tertiary/aromatic N) is 2. The van der Waals surface area contributed by atoms with Crippen molar-refractivity contribution < 1.29 is 17.9 Å². The first-order valence-electron chi connectivity index (χ1n) is 8.39. The molecule has 27 heavy (non-hydrogen) atoms. The Balaban J connectivity index is 1.66. The second-order valence-corrected chi connectivity index (χ2v) is 8.98. The molecule has 0 aliphatic carbocycles. The first-order valence-corrected chi connectivity index (χ1v) is 10.6. The molecule has 0 unspecified atom stereocenters. The van der Waals surface area contributed by atoms with Gasteiger partial charge >= 0.3 is 0 Å². The van der Waals surface area contributed by atoms with Crippen molar-refractivity contribution in [3.63, 3.8) is 0 Å². The molecular formula is C18H19Cl2FN2O3S. The molecule has 9 heteroatoms. The number of aliphatic hydroxyl groups is 1. The molecule has 146 valence electrons. The van der Waals surface area contributed by atoms with Gasteiger partial charge in [-0.3, -0.25) is 4.90 Å². The van der Waals surface area contributed by atoms with Crippen LogP contribution in [0.3, 0.4) is 0 Å². The van der Waals surface area contributed by atoms with Crippen LogP contribution in [-0.4, -0.2) is 55.5 Å². The van der Waals surface area contributed by atoms with Gasteiger partial charge in [-0.05, 0) is 18.2 Å². The van der Waals surface area contributed by atoms with Crippen molar-refractivity contribution in [2.24, 2.45) is 0 Å². The topological polar surface area (TPSA) is 60.9 Å². The number of piperazine rings is 1. The lowest BCUT2D eigenvalue weighted by atomic mass is 10.1. The molecule has 1 heterocycles. The van der Waals surface area contributed by atoms with Crippen LogP contribution in [0.5, 0.6) is 0 Å². The summed E-state index contributed by atoms with van der Waals surface area (Å²) in [6, 6.07) is 10.6. The third kappa shape index (κ3) is 4.45. The van der Waals surface area contributed by atoms with E-state index in [0.29, 0.717) is 13.1 Å². The van der Waals surface area contributed by atoms with Gasteiger partial charge in [0.1, 0.15) is 10.7 Å². The number of halogens is 3. The van der Waals surface area contributed by atoms with Crippen LogP contribution in [0.2, 0.25) is 10.0 Å². The number of β-amino-alcohol motifs (C(OH)–C–C–N with tert-alkyl or cyclic N) is 1. The molecule has 1 aliphatic rings. The van der Waals surface area contributed by atoms with E-state index in [9.17, 15) is 17.9 Å². The third-order valence-corrected chi connectivity index (χ3v) is 7.40. The van der Waals surface area contributed by atoms with Gasteiger partial charge in [0.15, 0.2) is 0 Å². The molecule has 0 saturated carbocycles. The maximum atomic E-state index is 13.8. The highest BCUT2D eigenvalue weighted by molar-refractivity contribution is 7.89. The summed E-state index contributed by atoms with van der Waals surface area (Å²) in [4.78, 5) is 1.81. The highest BCUT2D eigenvalue weighted by atomic mass is 35.5. The Kier molecular flexibility index (Phi) is 6.40. The Bertz CT molecular complexity index is 898. The molecule has 1 fully saturated rings. The van der Waals surface area contributed by atoms with E-state index in [1.54, 1.807) is 24.3 Å². The van der Waals surface area contributed by atoms with Crippen LogP contribution in [0, 0.1) is 5.82 Å². The van der Waals surface area contributed by atoms with E-state index in [1.165, 1.54) is 22.5 Å². The van der Waals surface area contributed by atoms with Gasteiger partial charge in [0.2, 0.25) is 10.0 Å². The lowest BCUT2D eigenvalue weighted by molar-refractivity contribution is 0.0898. The Morgan fingerprint density at radius 2 is 1.59 bits per heavy atom. The van der Waals surface area contributed by atoms with Crippen LogP contribution in [-0.2, 0) is 10.0 Å². The van der Waals surface area contributed by atoms with Crippen LogP contribution in [0.1, 0.15) is 11.7 Å². The molecule has 2 aromatic carbocycles. The fraction of sp³-hybridized carbons (Fsp3) is 0.333. The monoisotopic (exact) mass is 432 g/mol. The summed E-state index contributed by atoms with van der Waals surface area (Å²) in [6.07, 6.45) is -0.979. The first kappa shape index (κ1) is 20.5. The summed E-state index contributed by atoms with van der Waals surface area (Å²) in [6.45, 7) is 1.50. The molecule has 1 aliphatic heterocycles. The largest absolute Gasteiger partial charge is 0.387 e. The van der Waals surface area contributed by atoms with Crippen molar-refractivity contribution in [3.8, 4) is 0 Å². The summed E-state index contributed by atoms with van der Waals surface area (Å²) < 4.78 is 40.8. The Morgan fingerprint density at radius 3 is 2.19 bits per heavy atom. The summed E-state index contributed by atoms with van der Waals surface area (Å²) in [5.41, 5.74) is 0.232. The lowest BCUT2D eigenvalue weighted by Gasteiger charge is -2.35. The van der Waals surface area contributed by atoms with Crippen LogP contribution in [0.15, 0.2) is 47.4 Å². The molecule has 0 spiro atoms. The van der Waals surface area contributed by atoms with E-state index in [2.05, 4.69) is 0 Å². The summed E-state index contributed by atoms with van der Waals surface area (Å²) in [7, 11) is -3.81. The van der Waals surface area contributed by atoms with Crippen LogP contribution in [0.25, 0.3) is 0 Å². The van der Waals surface area contributed by atoms with Crippen LogP contribution in [0.4, 0.5) is 4.39 Å². The number of hydrogen-bond acceptors (Lipinski definition) is 4. The maximum absolute atomic E-state index is 13.8. The number of rotatable bonds is 5. The lowest BCUT2D eigenvalue weighted by Crippen LogP contribution is -2.49. The number of sulfonamides is 1. The molecule has 5 nitrogen and oxygen atoms in total. The molecule has 0 amide bonds. The Labute approximate surface area is 168 Å². The van der Waals surface area contributed by atoms with E-state index in [1.807, 2.05) is 4.90 Å². The molecule has 1 atom stereocenters. The smallest absolute Gasteiger partial charge is 0.246 e. The van der Waals surface area contributed by atoms with Gasteiger partial charge < -0.3 is 5.11 Å². The second kappa shape index (κ2) is 8.43. The summed E-state index contributed by atoms with van der Waals surface area (Å²) in [5.74, 6) is -0.459.